The fourth-order valence-corrected chi connectivity index (χ4v) is 3.33. The van der Waals surface area contributed by atoms with E-state index in [4.69, 9.17) is 4.74 Å². The van der Waals surface area contributed by atoms with Crippen molar-refractivity contribution in [2.24, 2.45) is 0 Å². The van der Waals surface area contributed by atoms with Crippen LogP contribution in [0.3, 0.4) is 0 Å². The second-order valence-electron chi connectivity index (χ2n) is 7.92. The Morgan fingerprint density at radius 2 is 1.83 bits per heavy atom. The Kier molecular flexibility index (Phi) is 6.54. The Morgan fingerprint density at radius 1 is 1.09 bits per heavy atom. The average molecular weight is 486 g/mol. The first kappa shape index (κ1) is 23.9. The van der Waals surface area contributed by atoms with Gasteiger partial charge in [-0.2, -0.15) is 13.2 Å². The lowest BCUT2D eigenvalue weighted by Gasteiger charge is -2.17. The van der Waals surface area contributed by atoms with E-state index in [1.165, 1.54) is 44.2 Å². The van der Waals surface area contributed by atoms with Gasteiger partial charge in [-0.1, -0.05) is 0 Å². The molecule has 0 atom stereocenters. The van der Waals surface area contributed by atoms with Crippen LogP contribution in [-0.2, 0) is 17.5 Å². The Labute approximate surface area is 198 Å². The van der Waals surface area contributed by atoms with Crippen LogP contribution in [0.5, 0.6) is 5.75 Å². The largest absolute Gasteiger partial charge is 0.497 e. The van der Waals surface area contributed by atoms with Crippen LogP contribution in [0.2, 0.25) is 0 Å². The Balaban J connectivity index is 1.36. The number of halogens is 3. The monoisotopic (exact) mass is 486 g/mol. The van der Waals surface area contributed by atoms with Crippen molar-refractivity contribution in [3.63, 3.8) is 0 Å². The van der Waals surface area contributed by atoms with E-state index >= 15 is 0 Å². The number of amides is 2. The van der Waals surface area contributed by atoms with Gasteiger partial charge in [-0.3, -0.25) is 14.6 Å². The summed E-state index contributed by atoms with van der Waals surface area (Å²) in [4.78, 5) is 36.7. The van der Waals surface area contributed by atoms with Crippen LogP contribution in [-0.4, -0.2) is 39.4 Å². The molecule has 0 saturated heterocycles. The number of anilines is 2. The van der Waals surface area contributed by atoms with E-state index in [0.717, 1.165) is 6.07 Å². The highest BCUT2D eigenvalue weighted by atomic mass is 19.4. The van der Waals surface area contributed by atoms with Crippen LogP contribution in [0.15, 0.2) is 55.2 Å². The molecular formula is C23H21F3N6O3. The summed E-state index contributed by atoms with van der Waals surface area (Å²) in [5.41, 5.74) is -0.915. The third-order valence-electron chi connectivity index (χ3n) is 5.43. The first-order valence-corrected chi connectivity index (χ1v) is 10.5. The third kappa shape index (κ3) is 5.65. The third-order valence-corrected chi connectivity index (χ3v) is 5.43. The van der Waals surface area contributed by atoms with E-state index < -0.39 is 23.2 Å². The van der Waals surface area contributed by atoms with Crippen molar-refractivity contribution in [3.8, 4) is 5.75 Å². The summed E-state index contributed by atoms with van der Waals surface area (Å²) >= 11 is 0. The first-order chi connectivity index (χ1) is 16.7. The zero-order chi connectivity index (χ0) is 25.1. The van der Waals surface area contributed by atoms with E-state index in [0.29, 0.717) is 24.2 Å². The van der Waals surface area contributed by atoms with Gasteiger partial charge in [0.15, 0.2) is 0 Å². The van der Waals surface area contributed by atoms with E-state index in [2.05, 4.69) is 30.9 Å². The molecule has 1 aliphatic rings. The second kappa shape index (κ2) is 9.57. The van der Waals surface area contributed by atoms with Gasteiger partial charge in [0, 0.05) is 12.4 Å². The second-order valence-corrected chi connectivity index (χ2v) is 7.92. The minimum Gasteiger partial charge on any atom is -0.497 e. The molecule has 2 heterocycles. The number of carbonyl (C=O) groups is 2. The predicted molar refractivity (Wildman–Crippen MR) is 119 cm³/mol. The zero-order valence-corrected chi connectivity index (χ0v) is 18.5. The van der Waals surface area contributed by atoms with Crippen LogP contribution in [0, 0.1) is 0 Å². The molecule has 2 amide bonds. The molecule has 0 bridgehead atoms. The lowest BCUT2D eigenvalue weighted by molar-refractivity contribution is -0.137. The van der Waals surface area contributed by atoms with Gasteiger partial charge in [0.2, 0.25) is 5.91 Å². The van der Waals surface area contributed by atoms with Crippen LogP contribution in [0.25, 0.3) is 0 Å². The van der Waals surface area contributed by atoms with Crippen molar-refractivity contribution in [3.05, 3.63) is 72.1 Å². The van der Waals surface area contributed by atoms with Crippen molar-refractivity contribution in [1.82, 2.24) is 25.6 Å². The number of rotatable bonds is 8. The maximum absolute atomic E-state index is 13.4. The lowest BCUT2D eigenvalue weighted by Crippen LogP contribution is -2.48. The summed E-state index contributed by atoms with van der Waals surface area (Å²) in [5, 5.41) is 8.17. The molecule has 0 radical (unpaired) electrons. The molecule has 2 aromatic heterocycles. The van der Waals surface area contributed by atoms with Crippen molar-refractivity contribution in [2.45, 2.75) is 31.1 Å². The molecule has 1 aromatic carbocycles. The molecule has 0 unspecified atom stereocenters. The Bertz CT molecular complexity index is 1220. The summed E-state index contributed by atoms with van der Waals surface area (Å²) in [6.45, 7) is 0.0848. The van der Waals surface area contributed by atoms with Gasteiger partial charge in [-0.25, -0.2) is 9.97 Å². The number of ether oxygens (including phenoxy) is 1. The predicted octanol–water partition coefficient (Wildman–Crippen LogP) is 3.22. The molecule has 4 rings (SSSR count). The van der Waals surface area contributed by atoms with Gasteiger partial charge in [0.1, 0.15) is 17.6 Å². The molecule has 35 heavy (non-hydrogen) atoms. The number of hydrogen-bond donors (Lipinski definition) is 3. The van der Waals surface area contributed by atoms with Gasteiger partial charge in [0.05, 0.1) is 48.0 Å². The number of alkyl halides is 3. The van der Waals surface area contributed by atoms with E-state index in [-0.39, 0.29) is 29.5 Å². The number of benzene rings is 1. The molecule has 0 spiro atoms. The molecule has 182 valence electrons. The molecule has 1 aliphatic carbocycles. The zero-order valence-electron chi connectivity index (χ0n) is 18.5. The summed E-state index contributed by atoms with van der Waals surface area (Å²) in [7, 11) is 1.29. The average Bonchev–Trinajstić information content (AvgIpc) is 3.64. The van der Waals surface area contributed by atoms with Crippen LogP contribution in [0.4, 0.5) is 24.5 Å². The van der Waals surface area contributed by atoms with Gasteiger partial charge in [0.25, 0.3) is 5.91 Å². The lowest BCUT2D eigenvalue weighted by atomic mass is 10.1. The van der Waals surface area contributed by atoms with E-state index in [9.17, 15) is 22.8 Å². The SMILES string of the molecule is COc1ccc(Nc2ccc(CNC(=O)C3(NC(=O)c4cncnc4)CC3)nc2)c(C(F)(F)F)c1. The fourth-order valence-electron chi connectivity index (χ4n) is 3.33. The van der Waals surface area contributed by atoms with Crippen molar-refractivity contribution in [2.75, 3.05) is 12.4 Å². The summed E-state index contributed by atoms with van der Waals surface area (Å²) in [6, 6.07) is 6.76. The number of aromatic nitrogens is 3. The molecule has 12 heteroatoms. The number of nitrogens with zero attached hydrogens (tertiary/aromatic N) is 3. The molecule has 0 aliphatic heterocycles. The molecule has 1 saturated carbocycles. The van der Waals surface area contributed by atoms with Crippen molar-refractivity contribution in [1.29, 1.82) is 0 Å². The van der Waals surface area contributed by atoms with Crippen molar-refractivity contribution < 1.29 is 27.5 Å². The van der Waals surface area contributed by atoms with E-state index in [1.54, 1.807) is 12.1 Å². The minimum atomic E-state index is -4.57. The smallest absolute Gasteiger partial charge is 0.418 e. The van der Waals surface area contributed by atoms with Crippen LogP contribution >= 0.6 is 0 Å². The van der Waals surface area contributed by atoms with Gasteiger partial charge in [-0.05, 0) is 43.2 Å². The molecular weight excluding hydrogens is 465 g/mol. The minimum absolute atomic E-state index is 0.0848. The number of methoxy groups -OCH3 is 1. The highest BCUT2D eigenvalue weighted by Crippen LogP contribution is 2.38. The first-order valence-electron chi connectivity index (χ1n) is 10.5. The standard InChI is InChI=1S/C23H21F3N6O3/c1-35-17-4-5-19(18(8-17)23(24,25)26)31-16-3-2-15(29-12-16)11-30-21(34)22(6-7-22)32-20(33)14-9-27-13-28-10-14/h2-5,8-10,12-13,31H,6-7,11H2,1H3,(H,30,34)(H,32,33). The fraction of sp³-hybridized carbons (Fsp3) is 0.261. The van der Waals surface area contributed by atoms with E-state index in [1.807, 2.05) is 0 Å². The molecule has 3 aromatic rings. The highest BCUT2D eigenvalue weighted by molar-refractivity contribution is 6.00. The maximum Gasteiger partial charge on any atom is 0.418 e. The summed E-state index contributed by atoms with van der Waals surface area (Å²) < 4.78 is 45.1. The molecule has 9 nitrogen and oxygen atoms in total. The summed E-state index contributed by atoms with van der Waals surface area (Å²) in [5.74, 6) is -0.697. The molecule has 1 fully saturated rings. The maximum atomic E-state index is 13.4. The van der Waals surface area contributed by atoms with Gasteiger partial charge < -0.3 is 20.7 Å². The Morgan fingerprint density at radius 3 is 2.43 bits per heavy atom. The summed E-state index contributed by atoms with van der Waals surface area (Å²) in [6.07, 6.45) is 1.82. The topological polar surface area (TPSA) is 118 Å². The van der Waals surface area contributed by atoms with Crippen molar-refractivity contribution >= 4 is 23.2 Å². The number of carbonyl (C=O) groups excluding carboxylic acids is 2. The Hall–Kier alpha value is -4.22. The van der Waals surface area contributed by atoms with Gasteiger partial charge >= 0.3 is 6.18 Å². The normalized spacial score (nSPS) is 14.1. The van der Waals surface area contributed by atoms with Crippen LogP contribution < -0.4 is 20.7 Å². The van der Waals surface area contributed by atoms with Crippen LogP contribution in [0.1, 0.15) is 34.5 Å². The van der Waals surface area contributed by atoms with Gasteiger partial charge in [-0.15, -0.1) is 0 Å². The number of pyridine rings is 1. The molecule has 3 N–H and O–H groups in total. The number of hydrogen-bond acceptors (Lipinski definition) is 7. The number of nitrogens with one attached hydrogen (secondary N) is 3. The quantitative estimate of drug-likeness (QED) is 0.448. The highest BCUT2D eigenvalue weighted by Gasteiger charge is 2.51.